The molecule has 4 heteroatoms. The third-order valence-corrected chi connectivity index (χ3v) is 19.6. The lowest BCUT2D eigenvalue weighted by molar-refractivity contribution is 1.15. The molecule has 3 heterocycles. The zero-order valence-corrected chi connectivity index (χ0v) is 39.3. The minimum absolute atomic E-state index is 1.11. The molecule has 0 amide bonds. The van der Waals surface area contributed by atoms with Gasteiger partial charge in [-0.2, -0.15) is 0 Å². The molecule has 0 unspecified atom stereocenters. The first-order chi connectivity index (χ1) is 34.8. The number of fused-ring (bicyclic) bond motifs is 9. The van der Waals surface area contributed by atoms with Gasteiger partial charge in [0.05, 0.1) is 38.8 Å². The van der Waals surface area contributed by atoms with Crippen LogP contribution in [0.3, 0.4) is 0 Å². The van der Waals surface area contributed by atoms with Crippen LogP contribution < -0.4 is 20.7 Å². The number of hydrogen-bond donors (Lipinski definition) is 0. The standard InChI is InChI=1S/C66H45N3Si/c1-5-21-46(22-6-1)47-39-41-48(42-40-47)67-58-33-16-13-31-55(58)56-44-43-49(45-63(56)67)68-61-36-20-37-62(69-59-34-17-14-29-53(59)54-30-15-18-35-60(54)69)65(61)57-32-19-38-64(66(57)68)70(50-23-7-2-8-24-50,51-25-9-3-10-26-51)52-27-11-4-12-28-52/h1-45H. The lowest BCUT2D eigenvalue weighted by atomic mass is 10.1. The van der Waals surface area contributed by atoms with E-state index < -0.39 is 8.07 Å². The van der Waals surface area contributed by atoms with Crippen LogP contribution in [0.4, 0.5) is 0 Å². The van der Waals surface area contributed by atoms with Gasteiger partial charge >= 0.3 is 0 Å². The largest absolute Gasteiger partial charge is 0.309 e. The molecule has 0 aliphatic rings. The molecule has 0 aliphatic carbocycles. The molecule has 3 nitrogen and oxygen atoms in total. The van der Waals surface area contributed by atoms with Crippen molar-refractivity contribution in [3.63, 3.8) is 0 Å². The summed E-state index contributed by atoms with van der Waals surface area (Å²) in [6.07, 6.45) is 0. The van der Waals surface area contributed by atoms with E-state index in [1.807, 2.05) is 0 Å². The Balaban J connectivity index is 1.14. The zero-order chi connectivity index (χ0) is 46.2. The molecule has 3 aromatic heterocycles. The molecule has 0 saturated carbocycles. The summed E-state index contributed by atoms with van der Waals surface area (Å²) in [5, 5.41) is 12.8. The monoisotopic (exact) mass is 907 g/mol. The van der Waals surface area contributed by atoms with Gasteiger partial charge in [0, 0.05) is 43.7 Å². The third-order valence-electron chi connectivity index (χ3n) is 14.8. The summed E-state index contributed by atoms with van der Waals surface area (Å²) in [5.41, 5.74) is 12.9. The van der Waals surface area contributed by atoms with Crippen LogP contribution in [-0.4, -0.2) is 21.8 Å². The van der Waals surface area contributed by atoms with Crippen LogP contribution >= 0.6 is 0 Å². The second kappa shape index (κ2) is 16.1. The molecule has 70 heavy (non-hydrogen) atoms. The van der Waals surface area contributed by atoms with E-state index in [4.69, 9.17) is 0 Å². The SMILES string of the molecule is c1ccc(-c2ccc(-n3c4ccccc4c4ccc(-n5c6cccc(-n7c8ccccc8c8ccccc87)c6c6cccc([Si](c7ccccc7)(c7ccccc7)c7ccccc7)c65)cc43)cc2)cc1. The fraction of sp³-hybridized carbons (Fsp3) is 0. The number of rotatable bonds is 8. The quantitative estimate of drug-likeness (QED) is 0.107. The maximum absolute atomic E-state index is 3.07. The molecular formula is C66H45N3Si. The average molecular weight is 908 g/mol. The lowest BCUT2D eigenvalue weighted by Gasteiger charge is -2.35. The van der Waals surface area contributed by atoms with Crippen molar-refractivity contribution in [2.24, 2.45) is 0 Å². The number of benzene rings is 11. The molecule has 0 fully saturated rings. The Labute approximate surface area is 407 Å². The second-order valence-electron chi connectivity index (χ2n) is 18.4. The molecular weight excluding hydrogens is 863 g/mol. The highest BCUT2D eigenvalue weighted by molar-refractivity contribution is 7.20. The van der Waals surface area contributed by atoms with Gasteiger partial charge in [0.2, 0.25) is 0 Å². The van der Waals surface area contributed by atoms with Gasteiger partial charge in [-0.25, -0.2) is 0 Å². The number of hydrogen-bond acceptors (Lipinski definition) is 0. The zero-order valence-electron chi connectivity index (χ0n) is 38.3. The van der Waals surface area contributed by atoms with E-state index in [2.05, 4.69) is 287 Å². The molecule has 0 saturated heterocycles. The Morgan fingerprint density at radius 3 is 1.26 bits per heavy atom. The summed E-state index contributed by atoms with van der Waals surface area (Å²) in [7, 11) is -3.07. The highest BCUT2D eigenvalue weighted by Gasteiger charge is 2.43. The van der Waals surface area contributed by atoms with E-state index in [0.717, 1.165) is 28.1 Å². The summed E-state index contributed by atoms with van der Waals surface area (Å²) in [6, 6.07) is 102. The molecule has 0 radical (unpaired) electrons. The summed E-state index contributed by atoms with van der Waals surface area (Å²) in [5.74, 6) is 0. The van der Waals surface area contributed by atoms with Crippen molar-refractivity contribution in [3.05, 3.63) is 273 Å². The van der Waals surface area contributed by atoms with Gasteiger partial charge in [0.25, 0.3) is 0 Å². The van der Waals surface area contributed by atoms with Crippen molar-refractivity contribution in [3.8, 4) is 28.2 Å². The molecule has 14 aromatic rings. The number of aromatic nitrogens is 3. The van der Waals surface area contributed by atoms with Gasteiger partial charge in [-0.3, -0.25) is 0 Å². The molecule has 0 aliphatic heterocycles. The van der Waals surface area contributed by atoms with Crippen molar-refractivity contribution in [1.82, 2.24) is 13.7 Å². The first-order valence-electron chi connectivity index (χ1n) is 24.2. The van der Waals surface area contributed by atoms with Gasteiger partial charge in [-0.1, -0.05) is 218 Å². The van der Waals surface area contributed by atoms with Crippen LogP contribution in [0.2, 0.25) is 0 Å². The van der Waals surface area contributed by atoms with E-state index in [0.29, 0.717) is 0 Å². The van der Waals surface area contributed by atoms with Crippen LogP contribution in [0.1, 0.15) is 0 Å². The maximum Gasteiger partial charge on any atom is 0.181 e. The van der Waals surface area contributed by atoms with E-state index in [-0.39, 0.29) is 0 Å². The minimum Gasteiger partial charge on any atom is -0.309 e. The van der Waals surface area contributed by atoms with Crippen molar-refractivity contribution in [2.45, 2.75) is 0 Å². The van der Waals surface area contributed by atoms with Crippen LogP contribution in [0, 0.1) is 0 Å². The Hall–Kier alpha value is -8.96. The van der Waals surface area contributed by atoms with Crippen LogP contribution in [0.5, 0.6) is 0 Å². The van der Waals surface area contributed by atoms with E-state index in [9.17, 15) is 0 Å². The normalized spacial score (nSPS) is 12.0. The number of nitrogens with zero attached hydrogens (tertiary/aromatic N) is 3. The van der Waals surface area contributed by atoms with Gasteiger partial charge in [0.1, 0.15) is 0 Å². The van der Waals surface area contributed by atoms with E-state index >= 15 is 0 Å². The van der Waals surface area contributed by atoms with Crippen molar-refractivity contribution < 1.29 is 0 Å². The predicted molar refractivity (Wildman–Crippen MR) is 299 cm³/mol. The number of para-hydroxylation sites is 4. The molecule has 0 spiro atoms. The fourth-order valence-electron chi connectivity index (χ4n) is 11.9. The van der Waals surface area contributed by atoms with Crippen molar-refractivity contribution >= 4 is 94.2 Å². The topological polar surface area (TPSA) is 14.8 Å². The summed E-state index contributed by atoms with van der Waals surface area (Å²) in [6.45, 7) is 0. The summed E-state index contributed by atoms with van der Waals surface area (Å²) in [4.78, 5) is 0. The highest BCUT2D eigenvalue weighted by atomic mass is 28.3. The van der Waals surface area contributed by atoms with Gasteiger partial charge < -0.3 is 13.7 Å². The third kappa shape index (κ3) is 5.94. The molecule has 0 bridgehead atoms. The molecule has 11 aromatic carbocycles. The summed E-state index contributed by atoms with van der Waals surface area (Å²) < 4.78 is 7.56. The van der Waals surface area contributed by atoms with Crippen LogP contribution in [0.25, 0.3) is 93.6 Å². The van der Waals surface area contributed by atoms with E-state index in [1.54, 1.807) is 0 Å². The molecule has 0 atom stereocenters. The Bertz CT molecular complexity index is 4110. The summed E-state index contributed by atoms with van der Waals surface area (Å²) >= 11 is 0. The van der Waals surface area contributed by atoms with Gasteiger partial charge in [-0.15, -0.1) is 0 Å². The lowest BCUT2D eigenvalue weighted by Crippen LogP contribution is -2.75. The Morgan fingerprint density at radius 1 is 0.257 bits per heavy atom. The molecule has 0 N–H and O–H groups in total. The Kier molecular flexibility index (Phi) is 9.23. The molecule has 14 rings (SSSR count). The van der Waals surface area contributed by atoms with Gasteiger partial charge in [0.15, 0.2) is 8.07 Å². The minimum atomic E-state index is -3.07. The van der Waals surface area contributed by atoms with Crippen LogP contribution in [-0.2, 0) is 0 Å². The van der Waals surface area contributed by atoms with Crippen molar-refractivity contribution in [1.29, 1.82) is 0 Å². The van der Waals surface area contributed by atoms with Crippen molar-refractivity contribution in [2.75, 3.05) is 0 Å². The average Bonchev–Trinajstić information content (AvgIpc) is 4.08. The second-order valence-corrected chi connectivity index (χ2v) is 22.2. The molecule has 328 valence electrons. The smallest absolute Gasteiger partial charge is 0.181 e. The highest BCUT2D eigenvalue weighted by Crippen LogP contribution is 2.41. The van der Waals surface area contributed by atoms with Gasteiger partial charge in [-0.05, 0) is 86.5 Å². The predicted octanol–water partition coefficient (Wildman–Crippen LogP) is 14.0. The first-order valence-corrected chi connectivity index (χ1v) is 26.2. The first kappa shape index (κ1) is 40.1. The maximum atomic E-state index is 2.61. The Morgan fingerprint density at radius 2 is 0.686 bits per heavy atom. The van der Waals surface area contributed by atoms with E-state index in [1.165, 1.54) is 86.3 Å². The fourth-order valence-corrected chi connectivity index (χ4v) is 16.8. The van der Waals surface area contributed by atoms with Crippen LogP contribution in [0.15, 0.2) is 273 Å².